The number of hydrogen-bond donors (Lipinski definition) is 2. The molecule has 1 heterocycles. The van der Waals surface area contributed by atoms with E-state index < -0.39 is 29.0 Å². The van der Waals surface area contributed by atoms with E-state index in [2.05, 4.69) is 0 Å². The Balaban J connectivity index is 2.08. The highest BCUT2D eigenvalue weighted by Gasteiger charge is 2.32. The number of hydrogen-bond acceptors (Lipinski definition) is 7. The Morgan fingerprint density at radius 3 is 2.69 bits per heavy atom. The lowest BCUT2D eigenvalue weighted by Crippen LogP contribution is -2.52. The quantitative estimate of drug-likeness (QED) is 0.409. The molecule has 0 aromatic heterocycles. The maximum Gasteiger partial charge on any atom is 0.334 e. The normalized spacial score (nSPS) is 19.8. The van der Waals surface area contributed by atoms with Crippen LogP contribution in [0.3, 0.4) is 0 Å². The number of thioether (sulfide) groups is 1. The number of carboxylic acids is 1. The van der Waals surface area contributed by atoms with Crippen LogP contribution in [0.25, 0.3) is 0 Å². The Hall–Kier alpha value is -2.66. The average Bonchev–Trinajstić information content (AvgIpc) is 2.58. The first-order valence-corrected chi connectivity index (χ1v) is 8.54. The summed E-state index contributed by atoms with van der Waals surface area (Å²) in [5.74, 6) is -2.41. The number of amides is 2. The summed E-state index contributed by atoms with van der Waals surface area (Å²) < 4.78 is 5.24. The van der Waals surface area contributed by atoms with Crippen molar-refractivity contribution in [1.82, 2.24) is 4.90 Å². The minimum atomic E-state index is -1.15. The molecule has 10 nitrogen and oxygen atoms in total. The maximum atomic E-state index is 12.4. The van der Waals surface area contributed by atoms with Gasteiger partial charge in [-0.25, -0.2) is 4.79 Å². The van der Waals surface area contributed by atoms with Crippen molar-refractivity contribution in [3.05, 3.63) is 33.9 Å². The van der Waals surface area contributed by atoms with Crippen molar-refractivity contribution in [2.75, 3.05) is 18.8 Å². The summed E-state index contributed by atoms with van der Waals surface area (Å²) in [6.07, 6.45) is -1.53. The minimum Gasteiger partial charge on any atom is -0.479 e. The van der Waals surface area contributed by atoms with E-state index in [1.54, 1.807) is 6.92 Å². The van der Waals surface area contributed by atoms with Crippen LogP contribution in [0.5, 0.6) is 0 Å². The van der Waals surface area contributed by atoms with Crippen molar-refractivity contribution in [1.29, 1.82) is 0 Å². The molecular weight excluding hydrogens is 366 g/mol. The topological polar surface area (TPSA) is 153 Å². The first-order valence-electron chi connectivity index (χ1n) is 7.56. The number of ether oxygens (including phenoxy) is 1. The number of carboxylic acid groups (broad SMARTS) is 1. The molecule has 2 amide bonds. The van der Waals surface area contributed by atoms with Crippen molar-refractivity contribution < 1.29 is 29.2 Å². The summed E-state index contributed by atoms with van der Waals surface area (Å²) in [6, 6.07) is 3.77. The molecule has 140 valence electrons. The molecule has 3 N–H and O–H groups in total. The van der Waals surface area contributed by atoms with E-state index in [4.69, 9.17) is 15.6 Å². The van der Waals surface area contributed by atoms with Crippen LogP contribution in [0.15, 0.2) is 23.1 Å². The van der Waals surface area contributed by atoms with Gasteiger partial charge in [0.05, 0.1) is 28.2 Å². The Morgan fingerprint density at radius 2 is 2.12 bits per heavy atom. The molecule has 0 aliphatic carbocycles. The lowest BCUT2D eigenvalue weighted by atomic mass is 10.2. The third-order valence-corrected chi connectivity index (χ3v) is 4.73. The molecule has 1 unspecified atom stereocenters. The Labute approximate surface area is 152 Å². The number of rotatable bonds is 6. The number of benzene rings is 1. The van der Waals surface area contributed by atoms with Crippen molar-refractivity contribution >= 4 is 35.2 Å². The van der Waals surface area contributed by atoms with Crippen LogP contribution in [0.2, 0.25) is 0 Å². The molecule has 26 heavy (non-hydrogen) atoms. The molecule has 11 heteroatoms. The van der Waals surface area contributed by atoms with E-state index in [-0.39, 0.29) is 40.9 Å². The van der Waals surface area contributed by atoms with E-state index in [1.165, 1.54) is 17.0 Å². The van der Waals surface area contributed by atoms with Crippen LogP contribution in [0.1, 0.15) is 17.3 Å². The summed E-state index contributed by atoms with van der Waals surface area (Å²) in [4.78, 5) is 46.7. The molecule has 1 aromatic rings. The summed E-state index contributed by atoms with van der Waals surface area (Å²) in [5.41, 5.74) is 4.79. The maximum absolute atomic E-state index is 12.4. The zero-order valence-corrected chi connectivity index (χ0v) is 14.6. The number of primary amides is 1. The molecule has 0 radical (unpaired) electrons. The summed E-state index contributed by atoms with van der Waals surface area (Å²) in [6.45, 7) is 1.82. The number of carbonyl (C=O) groups is 3. The van der Waals surface area contributed by atoms with Gasteiger partial charge in [-0.1, -0.05) is 0 Å². The van der Waals surface area contributed by atoms with E-state index in [0.717, 1.165) is 17.8 Å². The standard InChI is InChI=1S/C15H17N3O7S/c1-8-5-17(6-11(25-8)15(21)22)13(19)7-26-12-3-2-9(14(16)20)4-10(12)18(23)24/h2-4,8,11H,5-7H2,1H3,(H2,16,20)(H,21,22)/t8-,11?/m1/s1. The second-order valence-corrected chi connectivity index (χ2v) is 6.68. The molecule has 1 fully saturated rings. The number of morpholine rings is 1. The number of nitro benzene ring substituents is 1. The fourth-order valence-electron chi connectivity index (χ4n) is 2.46. The number of aliphatic carboxylic acids is 1. The molecule has 1 saturated heterocycles. The van der Waals surface area contributed by atoms with Gasteiger partial charge in [-0.05, 0) is 19.1 Å². The second kappa shape index (κ2) is 8.15. The predicted octanol–water partition coefficient (Wildman–Crippen LogP) is 0.486. The highest BCUT2D eigenvalue weighted by atomic mass is 32.2. The molecule has 2 atom stereocenters. The van der Waals surface area contributed by atoms with Crippen molar-refractivity contribution in [3.63, 3.8) is 0 Å². The largest absolute Gasteiger partial charge is 0.479 e. The first-order chi connectivity index (χ1) is 12.2. The molecule has 0 spiro atoms. The van der Waals surface area contributed by atoms with Crippen LogP contribution in [0.4, 0.5) is 5.69 Å². The highest BCUT2D eigenvalue weighted by Crippen LogP contribution is 2.30. The first kappa shape index (κ1) is 19.7. The lowest BCUT2D eigenvalue weighted by Gasteiger charge is -2.34. The predicted molar refractivity (Wildman–Crippen MR) is 90.9 cm³/mol. The van der Waals surface area contributed by atoms with Gasteiger partial charge in [-0.3, -0.25) is 19.7 Å². The van der Waals surface area contributed by atoms with Crippen LogP contribution < -0.4 is 5.73 Å². The fourth-order valence-corrected chi connectivity index (χ4v) is 3.36. The number of nitro groups is 1. The van der Waals surface area contributed by atoms with Gasteiger partial charge in [-0.2, -0.15) is 0 Å². The van der Waals surface area contributed by atoms with Gasteiger partial charge in [0.2, 0.25) is 11.8 Å². The van der Waals surface area contributed by atoms with Gasteiger partial charge in [0.25, 0.3) is 5.69 Å². The molecule has 1 aromatic carbocycles. The summed E-state index contributed by atoms with van der Waals surface area (Å²) in [7, 11) is 0. The molecule has 0 bridgehead atoms. The Bertz CT molecular complexity index is 755. The zero-order valence-electron chi connectivity index (χ0n) is 13.8. The molecule has 1 aliphatic rings. The van der Waals surface area contributed by atoms with Crippen LogP contribution in [0, 0.1) is 10.1 Å². The van der Waals surface area contributed by atoms with Gasteiger partial charge in [-0.15, -0.1) is 11.8 Å². The zero-order chi connectivity index (χ0) is 19.4. The van der Waals surface area contributed by atoms with E-state index in [0.29, 0.717) is 0 Å². The number of carbonyl (C=O) groups excluding carboxylic acids is 2. The summed E-state index contributed by atoms with van der Waals surface area (Å²) in [5, 5.41) is 20.2. The van der Waals surface area contributed by atoms with Gasteiger partial charge >= 0.3 is 5.97 Å². The Kier molecular flexibility index (Phi) is 6.16. The van der Waals surface area contributed by atoms with Crippen molar-refractivity contribution in [3.8, 4) is 0 Å². The van der Waals surface area contributed by atoms with Crippen molar-refractivity contribution in [2.45, 2.75) is 24.0 Å². The summed E-state index contributed by atoms with van der Waals surface area (Å²) >= 11 is 0.935. The SMILES string of the molecule is C[C@@H]1CN(C(=O)CSc2ccc(C(N)=O)cc2[N+](=O)[O-])CC(C(=O)O)O1. The van der Waals surface area contributed by atoms with Gasteiger partial charge in [0, 0.05) is 18.2 Å². The van der Waals surface area contributed by atoms with Gasteiger partial charge in [0.15, 0.2) is 6.10 Å². The minimum absolute atomic E-state index is 0.00122. The molecular formula is C15H17N3O7S. The molecule has 2 rings (SSSR count). The molecule has 0 saturated carbocycles. The average molecular weight is 383 g/mol. The smallest absolute Gasteiger partial charge is 0.334 e. The van der Waals surface area contributed by atoms with E-state index in [1.807, 2.05) is 0 Å². The van der Waals surface area contributed by atoms with Crippen molar-refractivity contribution in [2.24, 2.45) is 5.73 Å². The van der Waals surface area contributed by atoms with Crippen LogP contribution in [-0.4, -0.2) is 63.8 Å². The Morgan fingerprint density at radius 1 is 1.42 bits per heavy atom. The third kappa shape index (κ3) is 4.70. The van der Waals surface area contributed by atoms with E-state index in [9.17, 15) is 24.5 Å². The van der Waals surface area contributed by atoms with E-state index >= 15 is 0 Å². The highest BCUT2D eigenvalue weighted by molar-refractivity contribution is 8.00. The fraction of sp³-hybridized carbons (Fsp3) is 0.400. The van der Waals surface area contributed by atoms with Gasteiger partial charge < -0.3 is 20.5 Å². The molecule has 1 aliphatic heterocycles. The van der Waals surface area contributed by atoms with Gasteiger partial charge in [0.1, 0.15) is 0 Å². The van der Waals surface area contributed by atoms with Crippen LogP contribution in [-0.2, 0) is 14.3 Å². The number of nitrogens with zero attached hydrogens (tertiary/aromatic N) is 2. The third-order valence-electron chi connectivity index (χ3n) is 3.68. The van der Waals surface area contributed by atoms with Crippen LogP contribution >= 0.6 is 11.8 Å². The second-order valence-electron chi connectivity index (χ2n) is 5.66. The lowest BCUT2D eigenvalue weighted by molar-refractivity contribution is -0.387. The number of nitrogens with two attached hydrogens (primary N) is 1. The monoisotopic (exact) mass is 383 g/mol.